The number of rotatable bonds is 5. The molecule has 0 radical (unpaired) electrons. The molecule has 4 aliphatic rings. The maximum atomic E-state index is 12.9. The second-order valence-corrected chi connectivity index (χ2v) is 10.0. The Morgan fingerprint density at radius 2 is 1.95 bits per heavy atom. The number of imide groups is 1. The Balaban J connectivity index is 1.07. The first-order valence-corrected chi connectivity index (χ1v) is 12.5. The molecule has 10 nitrogen and oxygen atoms in total. The van der Waals surface area contributed by atoms with Crippen LogP contribution in [0.5, 0.6) is 11.5 Å². The summed E-state index contributed by atoms with van der Waals surface area (Å²) in [6.45, 7) is 2.79. The molecule has 0 aliphatic carbocycles. The molecule has 2 saturated heterocycles. The Bertz CT molecular complexity index is 1310. The van der Waals surface area contributed by atoms with Gasteiger partial charge in [0.1, 0.15) is 23.6 Å². The average Bonchev–Trinajstić information content (AvgIpc) is 3.45. The smallest absolute Gasteiger partial charge is 0.264 e. The summed E-state index contributed by atoms with van der Waals surface area (Å²) in [6, 6.07) is 10.8. The fourth-order valence-electron chi connectivity index (χ4n) is 5.53. The lowest BCUT2D eigenvalue weighted by atomic mass is 10.0. The van der Waals surface area contributed by atoms with E-state index in [-0.39, 0.29) is 36.9 Å². The fourth-order valence-corrected chi connectivity index (χ4v) is 5.53. The van der Waals surface area contributed by atoms with Crippen molar-refractivity contribution in [2.75, 3.05) is 31.6 Å². The molecule has 4 heterocycles. The van der Waals surface area contributed by atoms with Gasteiger partial charge >= 0.3 is 0 Å². The molecule has 2 fully saturated rings. The van der Waals surface area contributed by atoms with Crippen LogP contribution >= 0.6 is 0 Å². The first-order valence-electron chi connectivity index (χ1n) is 12.5. The monoisotopic (exact) mass is 504 g/mol. The van der Waals surface area contributed by atoms with E-state index in [1.54, 1.807) is 22.9 Å². The molecule has 6 rings (SSSR count). The summed E-state index contributed by atoms with van der Waals surface area (Å²) in [5, 5.41) is 2.33. The number of fused-ring (bicyclic) bond motifs is 2. The van der Waals surface area contributed by atoms with Crippen LogP contribution in [0.3, 0.4) is 0 Å². The minimum absolute atomic E-state index is 0.0200. The highest BCUT2D eigenvalue weighted by molar-refractivity contribution is 6.05. The largest absolute Gasteiger partial charge is 0.489 e. The van der Waals surface area contributed by atoms with Gasteiger partial charge in [0, 0.05) is 45.2 Å². The van der Waals surface area contributed by atoms with Gasteiger partial charge in [0.25, 0.3) is 11.8 Å². The zero-order valence-corrected chi connectivity index (χ0v) is 20.6. The highest BCUT2D eigenvalue weighted by Gasteiger charge is 2.39. The Hall–Kier alpha value is -3.92. The van der Waals surface area contributed by atoms with Gasteiger partial charge in [0.2, 0.25) is 11.8 Å². The van der Waals surface area contributed by atoms with E-state index in [1.165, 1.54) is 0 Å². The maximum absolute atomic E-state index is 12.9. The molecule has 1 unspecified atom stereocenters. The van der Waals surface area contributed by atoms with Crippen molar-refractivity contribution in [2.45, 2.75) is 44.5 Å². The molecule has 2 aromatic rings. The van der Waals surface area contributed by atoms with Gasteiger partial charge in [-0.05, 0) is 54.3 Å². The van der Waals surface area contributed by atoms with E-state index in [1.807, 2.05) is 30.3 Å². The van der Waals surface area contributed by atoms with E-state index in [4.69, 9.17) is 9.47 Å². The second kappa shape index (κ2) is 9.19. The number of carbonyl (C=O) groups is 4. The van der Waals surface area contributed by atoms with Crippen molar-refractivity contribution in [1.29, 1.82) is 0 Å². The van der Waals surface area contributed by atoms with E-state index in [9.17, 15) is 19.2 Å². The quantitative estimate of drug-likeness (QED) is 0.614. The summed E-state index contributed by atoms with van der Waals surface area (Å²) >= 11 is 0. The molecule has 10 heteroatoms. The highest BCUT2D eigenvalue weighted by atomic mass is 16.5. The number of carbonyl (C=O) groups excluding carboxylic acids is 4. The van der Waals surface area contributed by atoms with E-state index >= 15 is 0 Å². The first kappa shape index (κ1) is 23.5. The fraction of sp³-hybridized carbons (Fsp3) is 0.407. The molecule has 4 aliphatic heterocycles. The normalized spacial score (nSPS) is 23.6. The molecular formula is C27H28N4O6. The predicted molar refractivity (Wildman–Crippen MR) is 132 cm³/mol. The summed E-state index contributed by atoms with van der Waals surface area (Å²) in [6.07, 6.45) is 1.48. The van der Waals surface area contributed by atoms with Crippen LogP contribution < -0.4 is 19.7 Å². The van der Waals surface area contributed by atoms with Gasteiger partial charge < -0.3 is 19.3 Å². The van der Waals surface area contributed by atoms with Gasteiger partial charge in [-0.15, -0.1) is 0 Å². The van der Waals surface area contributed by atoms with Gasteiger partial charge in [0.05, 0.1) is 5.69 Å². The van der Waals surface area contributed by atoms with Crippen LogP contribution in [0.15, 0.2) is 36.4 Å². The number of nitrogens with zero attached hydrogens (tertiary/aromatic N) is 3. The van der Waals surface area contributed by atoms with Gasteiger partial charge in [0.15, 0.2) is 6.61 Å². The van der Waals surface area contributed by atoms with E-state index in [2.05, 4.69) is 10.2 Å². The number of nitrogens with one attached hydrogen (secondary N) is 1. The van der Waals surface area contributed by atoms with E-state index in [0.717, 1.165) is 48.6 Å². The highest BCUT2D eigenvalue weighted by Crippen LogP contribution is 2.33. The minimum atomic E-state index is -0.626. The van der Waals surface area contributed by atoms with Crippen LogP contribution in [0.4, 0.5) is 5.69 Å². The molecule has 0 aromatic heterocycles. The van der Waals surface area contributed by atoms with Gasteiger partial charge in [-0.25, -0.2) is 0 Å². The average molecular weight is 505 g/mol. The zero-order valence-electron chi connectivity index (χ0n) is 20.6. The number of likely N-dealkylation sites (N-methyl/N-ethyl adjacent to an activating group) is 1. The van der Waals surface area contributed by atoms with Gasteiger partial charge in [-0.3, -0.25) is 29.4 Å². The summed E-state index contributed by atoms with van der Waals surface area (Å²) in [5.74, 6) is 0.468. The summed E-state index contributed by atoms with van der Waals surface area (Å²) in [7, 11) is 1.77. The summed E-state index contributed by atoms with van der Waals surface area (Å²) < 4.78 is 11.8. The lowest BCUT2D eigenvalue weighted by Gasteiger charge is -2.29. The third kappa shape index (κ3) is 4.42. The number of amides is 4. The van der Waals surface area contributed by atoms with Crippen molar-refractivity contribution in [2.24, 2.45) is 0 Å². The second-order valence-electron chi connectivity index (χ2n) is 10.0. The lowest BCUT2D eigenvalue weighted by molar-refractivity contribution is -0.137. The Labute approximate surface area is 214 Å². The van der Waals surface area contributed by atoms with Crippen LogP contribution in [0.2, 0.25) is 0 Å². The zero-order chi connectivity index (χ0) is 25.7. The summed E-state index contributed by atoms with van der Waals surface area (Å²) in [4.78, 5) is 54.1. The Morgan fingerprint density at radius 1 is 1.08 bits per heavy atom. The molecule has 1 N–H and O–H groups in total. The molecule has 0 saturated carbocycles. The van der Waals surface area contributed by atoms with Gasteiger partial charge in [-0.1, -0.05) is 6.07 Å². The Kier molecular flexibility index (Phi) is 5.83. The van der Waals surface area contributed by atoms with Crippen molar-refractivity contribution < 1.29 is 28.7 Å². The number of benzene rings is 2. The van der Waals surface area contributed by atoms with Crippen molar-refractivity contribution in [3.63, 3.8) is 0 Å². The lowest BCUT2D eigenvalue weighted by Crippen LogP contribution is -2.52. The van der Waals surface area contributed by atoms with Crippen LogP contribution in [0.25, 0.3) is 0 Å². The van der Waals surface area contributed by atoms with E-state index < -0.39 is 11.9 Å². The third-order valence-corrected chi connectivity index (χ3v) is 7.54. The number of piperidine rings is 1. The minimum Gasteiger partial charge on any atom is -0.489 e. The molecule has 0 bridgehead atoms. The van der Waals surface area contributed by atoms with Crippen LogP contribution in [0.1, 0.15) is 40.7 Å². The Morgan fingerprint density at radius 3 is 2.78 bits per heavy atom. The van der Waals surface area contributed by atoms with Crippen molar-refractivity contribution in [1.82, 2.24) is 15.1 Å². The van der Waals surface area contributed by atoms with Crippen molar-refractivity contribution >= 4 is 29.3 Å². The number of ether oxygens (including phenoxy) is 2. The number of likely N-dealkylation sites (tertiary alicyclic amines) is 1. The molecular weight excluding hydrogens is 476 g/mol. The third-order valence-electron chi connectivity index (χ3n) is 7.54. The summed E-state index contributed by atoms with van der Waals surface area (Å²) in [5.41, 5.74) is 3.30. The SMILES string of the molecule is CN1C(=O)COc2ccc(CN3CC[C@H](Oc4ccc5c(c4)CN(C4CCC(=O)NC4=O)C5=O)C3)cc21. The van der Waals surface area contributed by atoms with E-state index in [0.29, 0.717) is 24.3 Å². The molecule has 2 atom stereocenters. The van der Waals surface area contributed by atoms with Crippen molar-refractivity contribution in [3.05, 3.63) is 53.1 Å². The topological polar surface area (TPSA) is 108 Å². The van der Waals surface area contributed by atoms with Gasteiger partial charge in [-0.2, -0.15) is 0 Å². The molecule has 4 amide bonds. The molecule has 192 valence electrons. The van der Waals surface area contributed by atoms with Crippen LogP contribution in [-0.4, -0.2) is 72.3 Å². The van der Waals surface area contributed by atoms with Crippen LogP contribution in [0, 0.1) is 0 Å². The van der Waals surface area contributed by atoms with Crippen LogP contribution in [-0.2, 0) is 27.5 Å². The van der Waals surface area contributed by atoms with Crippen molar-refractivity contribution in [3.8, 4) is 11.5 Å². The molecule has 2 aromatic carbocycles. The number of hydrogen-bond donors (Lipinski definition) is 1. The number of anilines is 1. The maximum Gasteiger partial charge on any atom is 0.264 e. The standard InChI is InChI=1S/C27H28N4O6/c1-29-22-10-16(2-6-23(22)36-15-25(29)33)12-30-9-8-19(14-30)37-18-3-4-20-17(11-18)13-31(27(20)35)21-5-7-24(32)28-26(21)34/h2-4,6,10-11,19,21H,5,7-9,12-15H2,1H3,(H,28,32,34)/t19-,21?/m0/s1. The molecule has 37 heavy (non-hydrogen) atoms. The molecule has 0 spiro atoms. The number of hydrogen-bond acceptors (Lipinski definition) is 7. The first-order chi connectivity index (χ1) is 17.9. The predicted octanol–water partition coefficient (Wildman–Crippen LogP) is 1.46.